The molecule has 0 atom stereocenters. The van der Waals surface area contributed by atoms with Crippen molar-refractivity contribution in [3.8, 4) is 17.2 Å². The van der Waals surface area contributed by atoms with E-state index in [0.717, 1.165) is 22.6 Å². The molecule has 3 aromatic carbocycles. The maximum absolute atomic E-state index is 13.1. The van der Waals surface area contributed by atoms with Gasteiger partial charge in [0.25, 0.3) is 0 Å². The van der Waals surface area contributed by atoms with Gasteiger partial charge in [-0.1, -0.05) is 35.3 Å². The number of amides is 1. The number of halogens is 3. The number of carbonyl (C=O) groups excluding carboxylic acids is 1. The molecule has 214 valence electrons. The van der Waals surface area contributed by atoms with Crippen molar-refractivity contribution in [1.29, 1.82) is 0 Å². The van der Waals surface area contributed by atoms with Crippen LogP contribution in [0.25, 0.3) is 5.69 Å². The molecule has 7 nitrogen and oxygen atoms in total. The van der Waals surface area contributed by atoms with E-state index in [1.807, 2.05) is 24.3 Å². The van der Waals surface area contributed by atoms with Gasteiger partial charge in [0, 0.05) is 17.1 Å². The van der Waals surface area contributed by atoms with E-state index in [1.54, 1.807) is 36.4 Å². The Morgan fingerprint density at radius 1 is 0.905 bits per heavy atom. The number of rotatable bonds is 10. The molecule has 2 heterocycles. The van der Waals surface area contributed by atoms with Crippen LogP contribution in [0.2, 0.25) is 10.0 Å². The molecule has 10 heteroatoms. The maximum Gasteiger partial charge on any atom is 0.307 e. The fraction of sp³-hybridized carbons (Fsp3) is 0.125. The lowest BCUT2D eigenvalue weighted by Crippen LogP contribution is -2.16. The number of furan rings is 1. The van der Waals surface area contributed by atoms with Gasteiger partial charge in [-0.05, 0) is 97.8 Å². The van der Waals surface area contributed by atoms with E-state index in [2.05, 4.69) is 41.1 Å². The highest BCUT2D eigenvalue weighted by atomic mass is 35.5. The van der Waals surface area contributed by atoms with E-state index in [9.17, 15) is 9.18 Å². The lowest BCUT2D eigenvalue weighted by molar-refractivity contribution is 0.0923. The molecule has 1 amide bonds. The Kier molecular flexibility index (Phi) is 8.95. The van der Waals surface area contributed by atoms with Gasteiger partial charge in [0.2, 0.25) is 0 Å². The number of hydrazone groups is 1. The van der Waals surface area contributed by atoms with Crippen LogP contribution >= 0.6 is 23.2 Å². The second-order valence-corrected chi connectivity index (χ2v) is 10.2. The predicted octanol–water partition coefficient (Wildman–Crippen LogP) is 8.05. The predicted molar refractivity (Wildman–Crippen MR) is 161 cm³/mol. The molecule has 0 aliphatic rings. The number of benzene rings is 3. The lowest BCUT2D eigenvalue weighted by atomic mass is 10.2. The number of carbonyl (C=O) groups is 1. The number of aryl methyl sites for hydroxylation is 2. The van der Waals surface area contributed by atoms with Crippen molar-refractivity contribution in [1.82, 2.24) is 9.99 Å². The number of ether oxygens (including phenoxy) is 2. The quantitative estimate of drug-likeness (QED) is 0.129. The second-order valence-electron chi connectivity index (χ2n) is 9.43. The molecule has 2 aromatic heterocycles. The summed E-state index contributed by atoms with van der Waals surface area (Å²) in [4.78, 5) is 12.5. The highest BCUT2D eigenvalue weighted by Crippen LogP contribution is 2.34. The standard InChI is InChI=1S/C32H26Cl2FN3O4/c1-20-3-4-21(2)38(20)25-9-11-26(12-10-25)40-19-27-13-14-30(42-27)32(39)37-36-17-23-15-28(33)31(29(34)16-23)41-18-22-5-7-24(35)8-6-22/h3-17H,18-19H2,1-2H3,(H,37,39)/b36-17+. The molecule has 5 aromatic rings. The zero-order chi connectivity index (χ0) is 29.6. The first-order chi connectivity index (χ1) is 20.3. The Balaban J connectivity index is 1.12. The Hall–Kier alpha value is -4.53. The zero-order valence-corrected chi connectivity index (χ0v) is 24.2. The number of nitrogens with one attached hydrogen (secondary N) is 1. The molecule has 5 rings (SSSR count). The molecule has 0 fully saturated rings. The van der Waals surface area contributed by atoms with Gasteiger partial charge in [-0.3, -0.25) is 4.79 Å². The minimum absolute atomic E-state index is 0.0836. The Morgan fingerprint density at radius 2 is 1.57 bits per heavy atom. The van der Waals surface area contributed by atoms with E-state index in [4.69, 9.17) is 37.1 Å². The molecule has 0 unspecified atom stereocenters. The maximum atomic E-state index is 13.1. The van der Waals surface area contributed by atoms with Crippen molar-refractivity contribution < 1.29 is 23.1 Å². The van der Waals surface area contributed by atoms with Gasteiger partial charge in [-0.2, -0.15) is 5.10 Å². The molecule has 0 saturated heterocycles. The summed E-state index contributed by atoms with van der Waals surface area (Å²) >= 11 is 12.7. The highest BCUT2D eigenvalue weighted by molar-refractivity contribution is 6.37. The van der Waals surface area contributed by atoms with Crippen LogP contribution < -0.4 is 14.9 Å². The average Bonchev–Trinajstić information content (AvgIpc) is 3.59. The average molecular weight is 606 g/mol. The molecule has 0 spiro atoms. The summed E-state index contributed by atoms with van der Waals surface area (Å²) in [5.74, 6) is 0.674. The van der Waals surface area contributed by atoms with Crippen molar-refractivity contribution in [3.63, 3.8) is 0 Å². The lowest BCUT2D eigenvalue weighted by Gasteiger charge is -2.11. The Bertz CT molecular complexity index is 1690. The van der Waals surface area contributed by atoms with E-state index in [1.165, 1.54) is 18.3 Å². The molecule has 0 bridgehead atoms. The van der Waals surface area contributed by atoms with Crippen LogP contribution in [0.5, 0.6) is 11.5 Å². The smallest absolute Gasteiger partial charge is 0.307 e. The third-order valence-electron chi connectivity index (χ3n) is 6.33. The fourth-order valence-electron chi connectivity index (χ4n) is 4.25. The molecular weight excluding hydrogens is 580 g/mol. The van der Waals surface area contributed by atoms with Gasteiger partial charge in [0.05, 0.1) is 16.3 Å². The Labute approximate surface area is 252 Å². The van der Waals surface area contributed by atoms with Gasteiger partial charge in [-0.25, -0.2) is 9.82 Å². The summed E-state index contributed by atoms with van der Waals surface area (Å²) in [7, 11) is 0. The monoisotopic (exact) mass is 605 g/mol. The summed E-state index contributed by atoms with van der Waals surface area (Å²) in [6.45, 7) is 4.45. The summed E-state index contributed by atoms with van der Waals surface area (Å²) in [5, 5.41) is 4.49. The minimum Gasteiger partial charge on any atom is -0.486 e. The van der Waals surface area contributed by atoms with Crippen molar-refractivity contribution in [3.05, 3.63) is 135 Å². The van der Waals surface area contributed by atoms with Crippen LogP contribution in [0.3, 0.4) is 0 Å². The first kappa shape index (κ1) is 29.0. The molecular formula is C32H26Cl2FN3O4. The topological polar surface area (TPSA) is 78.0 Å². The summed E-state index contributed by atoms with van der Waals surface area (Å²) in [6.07, 6.45) is 1.40. The first-order valence-electron chi connectivity index (χ1n) is 12.9. The summed E-state index contributed by atoms with van der Waals surface area (Å²) < 4.78 is 32.4. The van der Waals surface area contributed by atoms with Crippen LogP contribution in [0.1, 0.15) is 38.8 Å². The van der Waals surface area contributed by atoms with Crippen LogP contribution in [-0.4, -0.2) is 16.7 Å². The minimum atomic E-state index is -0.532. The number of hydrogen-bond donors (Lipinski definition) is 1. The molecule has 0 aliphatic carbocycles. The molecule has 0 aliphatic heterocycles. The van der Waals surface area contributed by atoms with Gasteiger partial charge >= 0.3 is 5.91 Å². The normalized spacial score (nSPS) is 11.2. The summed E-state index contributed by atoms with van der Waals surface area (Å²) in [6, 6.07) is 24.2. The number of hydrogen-bond acceptors (Lipinski definition) is 5. The fourth-order valence-corrected chi connectivity index (χ4v) is 4.86. The SMILES string of the molecule is Cc1ccc(C)n1-c1ccc(OCc2ccc(C(=O)N/N=C/c3cc(Cl)c(OCc4ccc(F)cc4)c(Cl)c3)o2)cc1. The second kappa shape index (κ2) is 13.0. The number of nitrogens with zero attached hydrogens (tertiary/aromatic N) is 2. The first-order valence-corrected chi connectivity index (χ1v) is 13.7. The van der Waals surface area contributed by atoms with Gasteiger partial charge in [-0.15, -0.1) is 0 Å². The molecule has 1 N–H and O–H groups in total. The molecule has 42 heavy (non-hydrogen) atoms. The van der Waals surface area contributed by atoms with E-state index in [0.29, 0.717) is 17.1 Å². The van der Waals surface area contributed by atoms with Crippen molar-refractivity contribution in [2.45, 2.75) is 27.1 Å². The third kappa shape index (κ3) is 7.02. The van der Waals surface area contributed by atoms with Crippen molar-refractivity contribution in [2.24, 2.45) is 5.10 Å². The van der Waals surface area contributed by atoms with Crippen LogP contribution in [0, 0.1) is 19.7 Å². The van der Waals surface area contributed by atoms with Crippen LogP contribution in [0.15, 0.2) is 94.4 Å². The largest absolute Gasteiger partial charge is 0.486 e. The van der Waals surface area contributed by atoms with E-state index < -0.39 is 5.91 Å². The third-order valence-corrected chi connectivity index (χ3v) is 6.89. The Morgan fingerprint density at radius 3 is 2.24 bits per heavy atom. The highest BCUT2D eigenvalue weighted by Gasteiger charge is 2.13. The van der Waals surface area contributed by atoms with Gasteiger partial charge in [0.15, 0.2) is 11.5 Å². The van der Waals surface area contributed by atoms with Crippen LogP contribution in [0.4, 0.5) is 4.39 Å². The van der Waals surface area contributed by atoms with Crippen molar-refractivity contribution >= 4 is 35.3 Å². The molecule has 0 radical (unpaired) electrons. The van der Waals surface area contributed by atoms with Crippen molar-refractivity contribution in [2.75, 3.05) is 0 Å². The zero-order valence-electron chi connectivity index (χ0n) is 22.7. The molecule has 0 saturated carbocycles. The van der Waals surface area contributed by atoms with Gasteiger partial charge in [0.1, 0.15) is 30.5 Å². The van der Waals surface area contributed by atoms with E-state index in [-0.39, 0.29) is 40.6 Å². The summed E-state index contributed by atoms with van der Waals surface area (Å²) in [5.41, 5.74) is 7.08. The number of aromatic nitrogens is 1. The van der Waals surface area contributed by atoms with E-state index >= 15 is 0 Å². The van der Waals surface area contributed by atoms with Crippen LogP contribution in [-0.2, 0) is 13.2 Å². The van der Waals surface area contributed by atoms with Gasteiger partial charge < -0.3 is 18.5 Å².